The minimum absolute atomic E-state index is 0.336. The van der Waals surface area contributed by atoms with E-state index in [-0.39, 0.29) is 0 Å². The number of hydrogen-bond acceptors (Lipinski definition) is 4. The topological polar surface area (TPSA) is 38.0 Å². The van der Waals surface area contributed by atoms with Gasteiger partial charge in [0.05, 0.1) is 6.04 Å². The van der Waals surface area contributed by atoms with Crippen molar-refractivity contribution in [1.82, 2.24) is 5.43 Å². The summed E-state index contributed by atoms with van der Waals surface area (Å²) < 4.78 is 0. The molecule has 1 aromatic heterocycles. The average Bonchev–Trinajstić information content (AvgIpc) is 2.76. The molecule has 0 aliphatic carbocycles. The van der Waals surface area contributed by atoms with Gasteiger partial charge in [0.15, 0.2) is 0 Å². The molecule has 0 radical (unpaired) electrons. The van der Waals surface area contributed by atoms with E-state index < -0.39 is 0 Å². The van der Waals surface area contributed by atoms with Crippen molar-refractivity contribution in [2.24, 2.45) is 11.3 Å². The monoisotopic (exact) mass is 298 g/mol. The largest absolute Gasteiger partial charge is 0.271 e. The maximum atomic E-state index is 5.76. The minimum atomic E-state index is 0.336. The van der Waals surface area contributed by atoms with E-state index >= 15 is 0 Å². The number of thiophene rings is 1. The van der Waals surface area contributed by atoms with Crippen LogP contribution in [0.4, 0.5) is 0 Å². The van der Waals surface area contributed by atoms with E-state index in [1.54, 1.807) is 10.4 Å². The molecule has 108 valence electrons. The minimum Gasteiger partial charge on any atom is -0.271 e. The zero-order chi connectivity index (χ0) is 13.9. The molecule has 2 heterocycles. The SMILES string of the molecule is CC(C)(C)CCCC(NN)c1cc2c(s1)CCSC2. The van der Waals surface area contributed by atoms with Crippen LogP contribution in [-0.4, -0.2) is 5.75 Å². The Kier molecular flexibility index (Phi) is 5.35. The van der Waals surface area contributed by atoms with Crippen LogP contribution in [0.15, 0.2) is 6.07 Å². The third kappa shape index (κ3) is 4.48. The molecule has 1 unspecified atom stereocenters. The molecule has 0 saturated carbocycles. The number of fused-ring (bicyclic) bond motifs is 1. The highest BCUT2D eigenvalue weighted by Gasteiger charge is 2.19. The first-order chi connectivity index (χ1) is 8.99. The van der Waals surface area contributed by atoms with Crippen molar-refractivity contribution in [3.05, 3.63) is 21.4 Å². The first kappa shape index (κ1) is 15.4. The Morgan fingerprint density at radius 1 is 1.42 bits per heavy atom. The summed E-state index contributed by atoms with van der Waals surface area (Å²) in [4.78, 5) is 3.02. The van der Waals surface area contributed by atoms with Gasteiger partial charge in [-0.1, -0.05) is 27.2 Å². The number of hydrogen-bond donors (Lipinski definition) is 2. The standard InChI is InChI=1S/C15H26N2S2/c1-15(2,3)7-4-5-12(17-16)14-9-11-10-18-8-6-13(11)19-14/h9,12,17H,4-8,10,16H2,1-3H3. The molecule has 3 N–H and O–H groups in total. The van der Waals surface area contributed by atoms with Gasteiger partial charge in [-0.3, -0.25) is 11.3 Å². The van der Waals surface area contributed by atoms with Crippen molar-refractivity contribution in [2.75, 3.05) is 5.75 Å². The van der Waals surface area contributed by atoms with Gasteiger partial charge in [0.2, 0.25) is 0 Å². The molecule has 19 heavy (non-hydrogen) atoms. The van der Waals surface area contributed by atoms with Crippen LogP contribution in [0.3, 0.4) is 0 Å². The van der Waals surface area contributed by atoms with E-state index in [2.05, 4.69) is 32.3 Å². The zero-order valence-corrected chi connectivity index (χ0v) is 13.9. The predicted molar refractivity (Wildman–Crippen MR) is 87.6 cm³/mol. The summed E-state index contributed by atoms with van der Waals surface area (Å²) in [6.45, 7) is 6.91. The normalized spacial score (nSPS) is 17.3. The summed E-state index contributed by atoms with van der Waals surface area (Å²) in [5, 5.41) is 0. The fraction of sp³-hybridized carbons (Fsp3) is 0.733. The Labute approximate surface area is 125 Å². The van der Waals surface area contributed by atoms with E-state index in [0.717, 1.165) is 6.42 Å². The van der Waals surface area contributed by atoms with Gasteiger partial charge in [-0.2, -0.15) is 11.8 Å². The molecule has 0 bridgehead atoms. The van der Waals surface area contributed by atoms with Crippen LogP contribution in [0.25, 0.3) is 0 Å². The van der Waals surface area contributed by atoms with Gasteiger partial charge >= 0.3 is 0 Å². The zero-order valence-electron chi connectivity index (χ0n) is 12.3. The Morgan fingerprint density at radius 2 is 2.21 bits per heavy atom. The number of hydrazine groups is 1. The second kappa shape index (κ2) is 6.61. The molecule has 4 heteroatoms. The molecule has 1 atom stereocenters. The van der Waals surface area contributed by atoms with E-state index in [1.165, 1.54) is 35.6 Å². The molecular weight excluding hydrogens is 272 g/mol. The highest BCUT2D eigenvalue weighted by Crippen LogP contribution is 2.36. The van der Waals surface area contributed by atoms with Crippen molar-refractivity contribution in [3.8, 4) is 0 Å². The maximum Gasteiger partial charge on any atom is 0.0553 e. The van der Waals surface area contributed by atoms with Gasteiger partial charge in [0, 0.05) is 15.5 Å². The number of nitrogens with two attached hydrogens (primary N) is 1. The molecule has 0 amide bonds. The van der Waals surface area contributed by atoms with Crippen molar-refractivity contribution in [2.45, 2.75) is 58.2 Å². The van der Waals surface area contributed by atoms with Crippen LogP contribution in [0.1, 0.15) is 61.4 Å². The van der Waals surface area contributed by atoms with Crippen LogP contribution in [0.2, 0.25) is 0 Å². The first-order valence-electron chi connectivity index (χ1n) is 7.15. The quantitative estimate of drug-likeness (QED) is 0.630. The van der Waals surface area contributed by atoms with Crippen molar-refractivity contribution >= 4 is 23.1 Å². The van der Waals surface area contributed by atoms with Crippen molar-refractivity contribution in [1.29, 1.82) is 0 Å². The molecule has 0 spiro atoms. The second-order valence-electron chi connectivity index (χ2n) is 6.57. The summed E-state index contributed by atoms with van der Waals surface area (Å²) >= 11 is 4.02. The smallest absolute Gasteiger partial charge is 0.0553 e. The number of thioether (sulfide) groups is 1. The molecular formula is C15H26N2S2. The van der Waals surface area contributed by atoms with Crippen molar-refractivity contribution < 1.29 is 0 Å². The summed E-state index contributed by atoms with van der Waals surface area (Å²) in [5.41, 5.74) is 4.99. The fourth-order valence-electron chi connectivity index (χ4n) is 2.49. The first-order valence-corrected chi connectivity index (χ1v) is 9.12. The third-order valence-corrected chi connectivity index (χ3v) is 5.97. The third-order valence-electron chi connectivity index (χ3n) is 3.61. The van der Waals surface area contributed by atoms with Gasteiger partial charge in [-0.05, 0) is 42.1 Å². The summed E-state index contributed by atoms with van der Waals surface area (Å²) in [7, 11) is 0. The van der Waals surface area contributed by atoms with E-state index in [1.807, 2.05) is 23.1 Å². The van der Waals surface area contributed by atoms with E-state index in [0.29, 0.717) is 11.5 Å². The molecule has 0 aromatic carbocycles. The lowest BCUT2D eigenvalue weighted by Gasteiger charge is -2.20. The van der Waals surface area contributed by atoms with Crippen LogP contribution >= 0.6 is 23.1 Å². The summed E-state index contributed by atoms with van der Waals surface area (Å²) in [5.74, 6) is 8.23. The average molecular weight is 299 g/mol. The predicted octanol–water partition coefficient (Wildman–Crippen LogP) is 4.26. The van der Waals surface area contributed by atoms with Crippen LogP contribution in [0.5, 0.6) is 0 Å². The Balaban J connectivity index is 1.95. The molecule has 2 rings (SSSR count). The molecule has 1 aliphatic rings. The van der Waals surface area contributed by atoms with Gasteiger partial charge in [0.25, 0.3) is 0 Å². The maximum absolute atomic E-state index is 5.76. The second-order valence-corrected chi connectivity index (χ2v) is 8.85. The van der Waals surface area contributed by atoms with Gasteiger partial charge in [-0.25, -0.2) is 0 Å². The lowest BCUT2D eigenvalue weighted by atomic mass is 9.89. The molecule has 0 saturated heterocycles. The summed E-state index contributed by atoms with van der Waals surface area (Å²) in [6, 6.07) is 2.72. The fourth-order valence-corrected chi connectivity index (χ4v) is 4.96. The highest BCUT2D eigenvalue weighted by molar-refractivity contribution is 7.98. The van der Waals surface area contributed by atoms with Crippen molar-refractivity contribution in [3.63, 3.8) is 0 Å². The molecule has 1 aromatic rings. The van der Waals surface area contributed by atoms with Crippen LogP contribution < -0.4 is 11.3 Å². The van der Waals surface area contributed by atoms with Crippen LogP contribution in [-0.2, 0) is 12.2 Å². The van der Waals surface area contributed by atoms with E-state index in [9.17, 15) is 0 Å². The lowest BCUT2D eigenvalue weighted by molar-refractivity contribution is 0.345. The summed E-state index contributed by atoms with van der Waals surface area (Å²) in [6.07, 6.45) is 4.87. The molecule has 0 fully saturated rings. The lowest BCUT2D eigenvalue weighted by Crippen LogP contribution is -2.27. The Morgan fingerprint density at radius 3 is 2.84 bits per heavy atom. The van der Waals surface area contributed by atoms with Gasteiger partial charge in [-0.15, -0.1) is 11.3 Å². The number of nitrogens with one attached hydrogen (secondary N) is 1. The molecule has 2 nitrogen and oxygen atoms in total. The van der Waals surface area contributed by atoms with Crippen LogP contribution in [0, 0.1) is 5.41 Å². The van der Waals surface area contributed by atoms with Gasteiger partial charge in [0.1, 0.15) is 0 Å². The number of rotatable bonds is 5. The highest BCUT2D eigenvalue weighted by atomic mass is 32.2. The Bertz CT molecular complexity index is 383. The molecule has 1 aliphatic heterocycles. The number of aryl methyl sites for hydroxylation is 1. The Hall–Kier alpha value is -0.0300. The van der Waals surface area contributed by atoms with E-state index in [4.69, 9.17) is 5.84 Å². The van der Waals surface area contributed by atoms with Gasteiger partial charge < -0.3 is 0 Å².